The standard InChI is InChI=1S/C18H19N5OS2/c1-2-9-20-17-21-22-18(26-17)25-12-16(24)14-11-23(10-5-8-19)15-7-4-3-6-13(14)15/h3-4,6-7,11H,2,5,9-10,12H2,1H3,(H,20,21). The zero-order valence-electron chi connectivity index (χ0n) is 14.4. The molecule has 0 amide bonds. The number of carbonyl (C=O) groups excluding carboxylic acids is 1. The summed E-state index contributed by atoms with van der Waals surface area (Å²) in [4.78, 5) is 12.7. The van der Waals surface area contributed by atoms with E-state index in [0.29, 0.717) is 24.3 Å². The number of nitriles is 1. The largest absolute Gasteiger partial charge is 0.360 e. The number of aryl methyl sites for hydroxylation is 1. The maximum atomic E-state index is 12.7. The second-order valence-electron chi connectivity index (χ2n) is 5.67. The van der Waals surface area contributed by atoms with Gasteiger partial charge in [0.2, 0.25) is 5.13 Å². The monoisotopic (exact) mass is 385 g/mol. The number of para-hydroxylation sites is 1. The van der Waals surface area contributed by atoms with Gasteiger partial charge in [0.05, 0.1) is 18.2 Å². The maximum absolute atomic E-state index is 12.7. The molecule has 134 valence electrons. The van der Waals surface area contributed by atoms with Gasteiger partial charge in [-0.05, 0) is 12.5 Å². The van der Waals surface area contributed by atoms with Gasteiger partial charge >= 0.3 is 0 Å². The molecule has 2 aromatic heterocycles. The van der Waals surface area contributed by atoms with Gasteiger partial charge < -0.3 is 9.88 Å². The molecule has 3 aromatic rings. The molecule has 0 aliphatic rings. The van der Waals surface area contributed by atoms with Crippen LogP contribution in [0.1, 0.15) is 30.1 Å². The Bertz CT molecular complexity index is 941. The average Bonchev–Trinajstić information content (AvgIpc) is 3.27. The van der Waals surface area contributed by atoms with Crippen molar-refractivity contribution in [2.45, 2.75) is 30.6 Å². The highest BCUT2D eigenvalue weighted by molar-refractivity contribution is 8.01. The van der Waals surface area contributed by atoms with Crippen molar-refractivity contribution in [3.63, 3.8) is 0 Å². The molecule has 26 heavy (non-hydrogen) atoms. The van der Waals surface area contributed by atoms with E-state index in [1.165, 1.54) is 23.1 Å². The molecule has 6 nitrogen and oxygen atoms in total. The number of carbonyl (C=O) groups is 1. The third kappa shape index (κ3) is 4.23. The van der Waals surface area contributed by atoms with Crippen LogP contribution in [0, 0.1) is 11.3 Å². The van der Waals surface area contributed by atoms with Crippen molar-refractivity contribution < 1.29 is 4.79 Å². The summed E-state index contributed by atoms with van der Waals surface area (Å²) in [7, 11) is 0. The summed E-state index contributed by atoms with van der Waals surface area (Å²) in [5.74, 6) is 0.370. The van der Waals surface area contributed by atoms with E-state index in [-0.39, 0.29) is 5.78 Å². The number of nitrogens with zero attached hydrogens (tertiary/aromatic N) is 4. The number of Topliss-reactive ketones (excluding diaryl/α,β-unsaturated/α-hetero) is 1. The lowest BCUT2D eigenvalue weighted by molar-refractivity contribution is 0.102. The number of benzene rings is 1. The topological polar surface area (TPSA) is 83.6 Å². The van der Waals surface area contributed by atoms with E-state index in [4.69, 9.17) is 5.26 Å². The highest BCUT2D eigenvalue weighted by atomic mass is 32.2. The Hall–Kier alpha value is -2.37. The molecule has 2 heterocycles. The molecule has 3 rings (SSSR count). The van der Waals surface area contributed by atoms with Crippen molar-refractivity contribution in [1.82, 2.24) is 14.8 Å². The fourth-order valence-corrected chi connectivity index (χ4v) is 4.26. The van der Waals surface area contributed by atoms with Crippen LogP contribution in [-0.4, -0.2) is 32.8 Å². The Morgan fingerprint density at radius 1 is 1.38 bits per heavy atom. The predicted molar refractivity (Wildman–Crippen MR) is 106 cm³/mol. The number of hydrogen-bond donors (Lipinski definition) is 1. The van der Waals surface area contributed by atoms with Crippen LogP contribution in [0.4, 0.5) is 5.13 Å². The molecular weight excluding hydrogens is 366 g/mol. The molecule has 0 spiro atoms. The number of nitrogens with one attached hydrogen (secondary N) is 1. The Morgan fingerprint density at radius 3 is 3.04 bits per heavy atom. The summed E-state index contributed by atoms with van der Waals surface area (Å²) in [5.41, 5.74) is 1.68. The molecule has 0 aliphatic carbocycles. The van der Waals surface area contributed by atoms with Gasteiger partial charge in [-0.15, -0.1) is 10.2 Å². The number of thioether (sulfide) groups is 1. The van der Waals surface area contributed by atoms with Gasteiger partial charge in [-0.1, -0.05) is 48.2 Å². The summed E-state index contributed by atoms with van der Waals surface area (Å²) >= 11 is 2.87. The number of fused-ring (bicyclic) bond motifs is 1. The maximum Gasteiger partial charge on any atom is 0.206 e. The Labute approximate surface area is 160 Å². The van der Waals surface area contributed by atoms with Gasteiger partial charge in [0.25, 0.3) is 0 Å². The first-order chi connectivity index (χ1) is 12.7. The summed E-state index contributed by atoms with van der Waals surface area (Å²) in [6, 6.07) is 9.96. The summed E-state index contributed by atoms with van der Waals surface area (Å²) in [5, 5.41) is 21.9. The highest BCUT2D eigenvalue weighted by Gasteiger charge is 2.16. The zero-order chi connectivity index (χ0) is 18.4. The van der Waals surface area contributed by atoms with Crippen molar-refractivity contribution in [3.8, 4) is 6.07 Å². The fraction of sp³-hybridized carbons (Fsp3) is 0.333. The lowest BCUT2D eigenvalue weighted by Gasteiger charge is -2.00. The Kier molecular flexibility index (Phi) is 6.26. The van der Waals surface area contributed by atoms with Crippen LogP contribution in [0.15, 0.2) is 34.8 Å². The molecule has 0 saturated heterocycles. The number of anilines is 1. The second-order valence-corrected chi connectivity index (χ2v) is 7.87. The van der Waals surface area contributed by atoms with E-state index in [2.05, 4.69) is 28.5 Å². The number of aromatic nitrogens is 3. The van der Waals surface area contributed by atoms with Gasteiger partial charge in [0.15, 0.2) is 10.1 Å². The van der Waals surface area contributed by atoms with Crippen molar-refractivity contribution in [2.24, 2.45) is 0 Å². The third-order valence-corrected chi connectivity index (χ3v) is 5.83. The van der Waals surface area contributed by atoms with Gasteiger partial charge in [-0.2, -0.15) is 5.26 Å². The van der Waals surface area contributed by atoms with Crippen molar-refractivity contribution >= 4 is 44.9 Å². The molecule has 0 saturated carbocycles. The van der Waals surface area contributed by atoms with E-state index in [1.807, 2.05) is 35.0 Å². The Balaban J connectivity index is 1.71. The first kappa shape index (κ1) is 18.4. The lowest BCUT2D eigenvalue weighted by Crippen LogP contribution is -2.02. The van der Waals surface area contributed by atoms with E-state index in [1.54, 1.807) is 0 Å². The Morgan fingerprint density at radius 2 is 2.23 bits per heavy atom. The van der Waals surface area contributed by atoms with Crippen LogP contribution < -0.4 is 5.32 Å². The number of hydrogen-bond acceptors (Lipinski definition) is 7. The highest BCUT2D eigenvalue weighted by Crippen LogP contribution is 2.28. The molecule has 0 fully saturated rings. The van der Waals surface area contributed by atoms with Gasteiger partial charge in [0.1, 0.15) is 0 Å². The molecule has 0 unspecified atom stereocenters. The van der Waals surface area contributed by atoms with E-state index < -0.39 is 0 Å². The summed E-state index contributed by atoms with van der Waals surface area (Å²) in [6.07, 6.45) is 3.30. The SMILES string of the molecule is CCCNc1nnc(SCC(=O)c2cn(CCC#N)c3ccccc23)s1. The first-order valence-corrected chi connectivity index (χ1v) is 10.2. The molecule has 0 radical (unpaired) electrons. The zero-order valence-corrected chi connectivity index (χ0v) is 16.1. The molecule has 0 atom stereocenters. The average molecular weight is 386 g/mol. The number of ketones is 1. The van der Waals surface area contributed by atoms with E-state index in [0.717, 1.165) is 33.3 Å². The van der Waals surface area contributed by atoms with Gasteiger partial charge in [-0.25, -0.2) is 0 Å². The van der Waals surface area contributed by atoms with Crippen LogP contribution in [0.2, 0.25) is 0 Å². The van der Waals surface area contributed by atoms with E-state index in [9.17, 15) is 4.79 Å². The summed E-state index contributed by atoms with van der Waals surface area (Å²) in [6.45, 7) is 3.54. The molecule has 1 aromatic carbocycles. The van der Waals surface area contributed by atoms with Gasteiger partial charge in [-0.3, -0.25) is 4.79 Å². The lowest BCUT2D eigenvalue weighted by atomic mass is 10.1. The van der Waals surface area contributed by atoms with Gasteiger partial charge in [0, 0.05) is 35.8 Å². The minimum atomic E-state index is 0.0557. The van der Waals surface area contributed by atoms with Crippen LogP contribution in [0.5, 0.6) is 0 Å². The smallest absolute Gasteiger partial charge is 0.206 e. The normalized spacial score (nSPS) is 10.8. The third-order valence-electron chi connectivity index (χ3n) is 3.81. The van der Waals surface area contributed by atoms with E-state index >= 15 is 0 Å². The molecular formula is C18H19N5OS2. The van der Waals surface area contributed by atoms with Crippen molar-refractivity contribution in [1.29, 1.82) is 5.26 Å². The first-order valence-electron chi connectivity index (χ1n) is 8.41. The van der Waals surface area contributed by atoms with Crippen LogP contribution in [0.25, 0.3) is 10.9 Å². The van der Waals surface area contributed by atoms with Crippen LogP contribution in [0.3, 0.4) is 0 Å². The van der Waals surface area contributed by atoms with Crippen LogP contribution in [-0.2, 0) is 6.54 Å². The fourth-order valence-electron chi connectivity index (χ4n) is 2.60. The minimum absolute atomic E-state index is 0.0557. The van der Waals surface area contributed by atoms with Crippen LogP contribution >= 0.6 is 23.1 Å². The molecule has 1 N–H and O–H groups in total. The summed E-state index contributed by atoms with van der Waals surface area (Å²) < 4.78 is 2.76. The minimum Gasteiger partial charge on any atom is -0.360 e. The molecule has 0 bridgehead atoms. The number of rotatable bonds is 9. The quantitative estimate of drug-likeness (QED) is 0.439. The van der Waals surface area contributed by atoms with Crippen molar-refractivity contribution in [3.05, 3.63) is 36.0 Å². The molecule has 8 heteroatoms. The predicted octanol–water partition coefficient (Wildman–Crippen LogP) is 4.20. The molecule has 0 aliphatic heterocycles. The second kappa shape index (κ2) is 8.83. The van der Waals surface area contributed by atoms with Crippen molar-refractivity contribution in [2.75, 3.05) is 17.6 Å².